The number of carbonyl (C=O) groups is 3. The fraction of sp³-hybridized carbons (Fsp3) is 0.400. The van der Waals surface area contributed by atoms with E-state index in [-0.39, 0.29) is 12.8 Å². The highest BCUT2D eigenvalue weighted by Crippen LogP contribution is 2.13. The molecule has 137 valence electrons. The van der Waals surface area contributed by atoms with Crippen LogP contribution in [0, 0.1) is 12.5 Å². The average Bonchev–Trinajstić information content (AvgIpc) is 2.54. The molecule has 25 heavy (non-hydrogen) atoms. The minimum atomic E-state index is -1.29. The number of thioether (sulfide) groups is 1. The molecule has 0 aliphatic carbocycles. The van der Waals surface area contributed by atoms with Crippen molar-refractivity contribution in [1.82, 2.24) is 15.6 Å². The first kappa shape index (κ1) is 20.7. The van der Waals surface area contributed by atoms with Gasteiger partial charge < -0.3 is 20.8 Å². The zero-order chi connectivity index (χ0) is 18.7. The van der Waals surface area contributed by atoms with Crippen LogP contribution in [0.2, 0.25) is 0 Å². The smallest absolute Gasteiger partial charge is 0.326 e. The number of carboxylic acid groups (broad SMARTS) is 2. The van der Waals surface area contributed by atoms with E-state index in [0.717, 1.165) is 5.56 Å². The van der Waals surface area contributed by atoms with Crippen LogP contribution in [0.25, 0.3) is 0 Å². The van der Waals surface area contributed by atoms with E-state index in [0.29, 0.717) is 17.9 Å². The first-order valence-corrected chi connectivity index (χ1v) is 8.55. The molecule has 0 aliphatic rings. The van der Waals surface area contributed by atoms with Crippen molar-refractivity contribution in [2.24, 2.45) is 0 Å². The summed E-state index contributed by atoms with van der Waals surface area (Å²) in [4.78, 5) is 36.4. The van der Waals surface area contributed by atoms with Gasteiger partial charge in [0.05, 0.1) is 6.54 Å². The van der Waals surface area contributed by atoms with Crippen molar-refractivity contribution in [2.45, 2.75) is 31.1 Å². The van der Waals surface area contributed by atoms with Crippen molar-refractivity contribution >= 4 is 29.7 Å². The van der Waals surface area contributed by atoms with Crippen molar-refractivity contribution in [3.8, 4) is 0 Å². The van der Waals surface area contributed by atoms with E-state index in [1.807, 2.05) is 0 Å². The maximum atomic E-state index is 12.9. The zero-order valence-electron chi connectivity index (χ0n) is 13.3. The van der Waals surface area contributed by atoms with Gasteiger partial charge in [-0.3, -0.25) is 4.79 Å². The van der Waals surface area contributed by atoms with E-state index in [2.05, 4.69) is 15.6 Å². The van der Waals surface area contributed by atoms with Crippen LogP contribution in [0.3, 0.4) is 0 Å². The maximum Gasteiger partial charge on any atom is 0.326 e. The number of halogens is 1. The van der Waals surface area contributed by atoms with E-state index in [1.54, 1.807) is 17.8 Å². The highest BCUT2D eigenvalue weighted by Gasteiger charge is 2.20. The highest BCUT2D eigenvalue weighted by molar-refractivity contribution is 7.98. The van der Waals surface area contributed by atoms with E-state index < -0.39 is 30.0 Å². The molecule has 0 spiro atoms. The van der Waals surface area contributed by atoms with Crippen molar-refractivity contribution in [1.29, 1.82) is 0 Å². The normalized spacial score (nSPS) is 11.6. The lowest BCUT2D eigenvalue weighted by atomic mass is 10.1. The molecule has 2 amide bonds. The van der Waals surface area contributed by atoms with Gasteiger partial charge >= 0.3 is 18.0 Å². The molecule has 1 heterocycles. The molecule has 1 aromatic heterocycles. The number of nitrogens with one attached hydrogen (secondary N) is 2. The Bertz CT molecular complexity index is 602. The third-order valence-electron chi connectivity index (χ3n) is 2.95. The molecule has 0 saturated carbocycles. The Morgan fingerprint density at radius 3 is 2.76 bits per heavy atom. The first-order valence-electron chi connectivity index (χ1n) is 7.40. The zero-order valence-corrected chi connectivity index (χ0v) is 14.1. The van der Waals surface area contributed by atoms with Gasteiger partial charge in [0.2, 0.25) is 5.95 Å². The lowest BCUT2D eigenvalue weighted by Crippen LogP contribution is -2.45. The first-order chi connectivity index (χ1) is 11.9. The molecule has 8 nitrogen and oxygen atoms in total. The Morgan fingerprint density at radius 2 is 2.12 bits per heavy atom. The van der Waals surface area contributed by atoms with Crippen molar-refractivity contribution in [2.75, 3.05) is 5.75 Å². The largest absolute Gasteiger partial charge is 0.481 e. The maximum absolute atomic E-state index is 12.9. The summed E-state index contributed by atoms with van der Waals surface area (Å²) >= 11 is 1.54. The van der Waals surface area contributed by atoms with Gasteiger partial charge in [-0.1, -0.05) is 0 Å². The number of urea groups is 1. The second-order valence-corrected chi connectivity index (χ2v) is 6.08. The Balaban J connectivity index is 2.16. The Labute approximate surface area is 148 Å². The average molecular weight is 371 g/mol. The molecule has 1 radical (unpaired) electrons. The number of pyridine rings is 1. The fourth-order valence-electron chi connectivity index (χ4n) is 1.75. The van der Waals surface area contributed by atoms with Crippen LogP contribution >= 0.6 is 11.8 Å². The topological polar surface area (TPSA) is 129 Å². The monoisotopic (exact) mass is 371 g/mol. The molecule has 0 fully saturated rings. The number of aromatic nitrogens is 1. The number of carbonyl (C=O) groups excluding carboxylic acids is 1. The van der Waals surface area contributed by atoms with Crippen LogP contribution in [0.15, 0.2) is 18.3 Å². The van der Waals surface area contributed by atoms with Crippen LogP contribution in [-0.2, 0) is 15.3 Å². The third-order valence-corrected chi connectivity index (χ3v) is 4.01. The number of nitrogens with zero attached hydrogens (tertiary/aromatic N) is 1. The molecular formula is C15H19FN3O5S. The lowest BCUT2D eigenvalue weighted by molar-refractivity contribution is -0.140. The molecule has 0 bridgehead atoms. The predicted molar refractivity (Wildman–Crippen MR) is 89.2 cm³/mol. The van der Waals surface area contributed by atoms with Gasteiger partial charge in [0.1, 0.15) is 6.04 Å². The number of amides is 2. The minimum absolute atomic E-state index is 0.198. The van der Waals surface area contributed by atoms with Crippen molar-refractivity contribution in [3.63, 3.8) is 0 Å². The SMILES string of the molecule is O=C(O)CCC(NC(=O)N[CH]CCSCc1ccnc([18F])c1)C(=O)O. The predicted octanol–water partition coefficient (Wildman–Crippen LogP) is 1.62. The summed E-state index contributed by atoms with van der Waals surface area (Å²) in [5, 5.41) is 22.1. The second kappa shape index (κ2) is 11.2. The van der Waals surface area contributed by atoms with Crippen molar-refractivity contribution < 1.29 is 29.0 Å². The number of carboxylic acids is 2. The summed E-state index contributed by atoms with van der Waals surface area (Å²) in [6.07, 6.45) is 1.37. The van der Waals surface area contributed by atoms with Crippen LogP contribution in [0.1, 0.15) is 24.8 Å². The van der Waals surface area contributed by atoms with Gasteiger partial charge in [-0.05, 0) is 36.3 Å². The quantitative estimate of drug-likeness (QED) is 0.344. The van der Waals surface area contributed by atoms with Crippen LogP contribution in [-0.4, -0.2) is 45.0 Å². The van der Waals surface area contributed by atoms with E-state index in [9.17, 15) is 18.8 Å². The Morgan fingerprint density at radius 1 is 1.36 bits per heavy atom. The standard InChI is InChI=1S/C15H19FN3O5S/c16-12-8-10(4-6-17-12)9-25-7-1-5-18-15(24)19-11(14(22)23)2-3-13(20)21/h4-6,8,11H,1-3,7,9H2,(H,20,21)(H,22,23)(H2,18,19,24)/i16-1. The molecule has 4 N–H and O–H groups in total. The third kappa shape index (κ3) is 9.50. The number of hydrogen-bond donors (Lipinski definition) is 4. The summed E-state index contributed by atoms with van der Waals surface area (Å²) in [5.74, 6) is -1.68. The number of aliphatic carboxylic acids is 2. The summed E-state index contributed by atoms with van der Waals surface area (Å²) in [6.45, 7) is 1.48. The molecule has 1 aromatic rings. The van der Waals surface area contributed by atoms with Crippen LogP contribution in [0.5, 0.6) is 0 Å². The van der Waals surface area contributed by atoms with E-state index in [4.69, 9.17) is 10.2 Å². The highest BCUT2D eigenvalue weighted by atomic mass is 32.2. The molecule has 10 heteroatoms. The molecule has 1 unspecified atom stereocenters. The van der Waals surface area contributed by atoms with E-state index in [1.165, 1.54) is 18.8 Å². The van der Waals surface area contributed by atoms with E-state index >= 15 is 0 Å². The van der Waals surface area contributed by atoms with Gasteiger partial charge in [0, 0.05) is 18.4 Å². The van der Waals surface area contributed by atoms with Gasteiger partial charge in [-0.15, -0.1) is 0 Å². The van der Waals surface area contributed by atoms with Gasteiger partial charge in [0.25, 0.3) is 0 Å². The van der Waals surface area contributed by atoms with Crippen LogP contribution < -0.4 is 10.6 Å². The molecule has 1 atom stereocenters. The second-order valence-electron chi connectivity index (χ2n) is 4.97. The molecule has 0 saturated heterocycles. The van der Waals surface area contributed by atoms with Crippen LogP contribution in [0.4, 0.5) is 9.18 Å². The molecule has 0 aliphatic heterocycles. The summed E-state index contributed by atoms with van der Waals surface area (Å²) in [7, 11) is 0. The number of hydrogen-bond acceptors (Lipinski definition) is 5. The van der Waals surface area contributed by atoms with Gasteiger partial charge in [0.15, 0.2) is 0 Å². The Hall–Kier alpha value is -2.36. The summed E-state index contributed by atoms with van der Waals surface area (Å²) < 4.78 is 12.9. The molecular weight excluding hydrogens is 352 g/mol. The minimum Gasteiger partial charge on any atom is -0.481 e. The van der Waals surface area contributed by atoms with Gasteiger partial charge in [-0.25, -0.2) is 14.6 Å². The fourth-order valence-corrected chi connectivity index (χ4v) is 2.60. The molecule has 1 rings (SSSR count). The van der Waals surface area contributed by atoms with Gasteiger partial charge in [-0.2, -0.15) is 16.2 Å². The summed E-state index contributed by atoms with van der Waals surface area (Å²) in [6, 6.07) is 1.10. The number of rotatable bonds is 11. The Kier molecular flexibility index (Phi) is 9.30. The molecule has 0 aromatic carbocycles. The summed E-state index contributed by atoms with van der Waals surface area (Å²) in [5.41, 5.74) is 0.811. The lowest BCUT2D eigenvalue weighted by Gasteiger charge is -2.14. The van der Waals surface area contributed by atoms with Crippen molar-refractivity contribution in [3.05, 3.63) is 36.4 Å².